The van der Waals surface area contributed by atoms with Gasteiger partial charge in [-0.3, -0.25) is 0 Å². The number of rotatable bonds is 36. The maximum Gasteiger partial charge on any atom is 0.334 e. The van der Waals surface area contributed by atoms with Crippen molar-refractivity contribution in [1.29, 1.82) is 0 Å². The monoisotopic (exact) mass is 725 g/mol. The van der Waals surface area contributed by atoms with Crippen LogP contribution in [-0.4, -0.2) is 29.5 Å². The van der Waals surface area contributed by atoms with Crippen LogP contribution in [-0.2, 0) is 8.85 Å². The molecule has 0 N–H and O–H groups in total. The SMILES string of the molecule is CCCCCCCCCCCCCCCCCC[Si](C)(Cl)Cl.CCCCCCCCCCCCCCCCCC[Si](C)(OC)OC. The Balaban J connectivity index is 0. The fourth-order valence-electron chi connectivity index (χ4n) is 6.27. The van der Waals surface area contributed by atoms with E-state index in [1.165, 1.54) is 205 Å². The average Bonchev–Trinajstić information content (AvgIpc) is 3.04. The molecule has 0 fully saturated rings. The van der Waals surface area contributed by atoms with E-state index in [4.69, 9.17) is 31.0 Å². The van der Waals surface area contributed by atoms with Crippen LogP contribution in [0.4, 0.5) is 0 Å². The van der Waals surface area contributed by atoms with Gasteiger partial charge in [-0.15, -0.1) is 22.2 Å². The molecule has 2 nitrogen and oxygen atoms in total. The Morgan fingerprint density at radius 3 is 0.717 bits per heavy atom. The van der Waals surface area contributed by atoms with Crippen LogP contribution in [0.5, 0.6) is 0 Å². The van der Waals surface area contributed by atoms with E-state index in [1.54, 1.807) is 14.2 Å². The third-order valence-corrected chi connectivity index (χ3v) is 15.2. The molecule has 6 heteroatoms. The second kappa shape index (κ2) is 38.7. The minimum atomic E-state index is -1.82. The van der Waals surface area contributed by atoms with Gasteiger partial charge in [0.1, 0.15) is 0 Å². The summed E-state index contributed by atoms with van der Waals surface area (Å²) >= 11 is 12.2. The Bertz CT molecular complexity index is 556. The molecule has 0 aliphatic carbocycles. The van der Waals surface area contributed by atoms with Gasteiger partial charge in [0.05, 0.1) is 0 Å². The van der Waals surface area contributed by atoms with Crippen LogP contribution < -0.4 is 0 Å². The third-order valence-electron chi connectivity index (χ3n) is 9.82. The Morgan fingerprint density at radius 2 is 0.522 bits per heavy atom. The molecule has 0 atom stereocenters. The van der Waals surface area contributed by atoms with E-state index >= 15 is 0 Å². The van der Waals surface area contributed by atoms with Crippen molar-refractivity contribution in [3.63, 3.8) is 0 Å². The molecule has 0 aliphatic heterocycles. The number of hydrogen-bond acceptors (Lipinski definition) is 2. The van der Waals surface area contributed by atoms with Crippen molar-refractivity contribution >= 4 is 37.4 Å². The van der Waals surface area contributed by atoms with E-state index < -0.39 is 15.3 Å². The van der Waals surface area contributed by atoms with Gasteiger partial charge in [0.2, 0.25) is 6.69 Å². The van der Waals surface area contributed by atoms with E-state index in [-0.39, 0.29) is 0 Å². The second-order valence-corrected chi connectivity index (χ2v) is 26.5. The van der Waals surface area contributed by atoms with Crippen LogP contribution in [0.2, 0.25) is 25.2 Å². The predicted octanol–water partition coefficient (Wildman–Crippen LogP) is 16.4. The van der Waals surface area contributed by atoms with Gasteiger partial charge in [-0.2, -0.15) is 0 Å². The van der Waals surface area contributed by atoms with Crippen molar-refractivity contribution < 1.29 is 8.85 Å². The van der Waals surface area contributed by atoms with Crippen molar-refractivity contribution in [2.24, 2.45) is 0 Å². The normalized spacial score (nSPS) is 12.0. The largest absolute Gasteiger partial charge is 0.398 e. The Morgan fingerprint density at radius 1 is 0.326 bits per heavy atom. The summed E-state index contributed by atoms with van der Waals surface area (Å²) in [5, 5.41) is 0. The first kappa shape index (κ1) is 49.0. The van der Waals surface area contributed by atoms with E-state index in [0.717, 1.165) is 12.1 Å². The van der Waals surface area contributed by atoms with E-state index in [0.29, 0.717) is 0 Å². The summed E-state index contributed by atoms with van der Waals surface area (Å²) in [6.45, 7) is 6.95. The van der Waals surface area contributed by atoms with Gasteiger partial charge in [-0.25, -0.2) is 0 Å². The van der Waals surface area contributed by atoms with Gasteiger partial charge in [-0.1, -0.05) is 219 Å². The quantitative estimate of drug-likeness (QED) is 0.0364. The van der Waals surface area contributed by atoms with E-state index in [9.17, 15) is 0 Å². The third kappa shape index (κ3) is 43.0. The van der Waals surface area contributed by atoms with Crippen molar-refractivity contribution in [1.82, 2.24) is 0 Å². The average molecular weight is 726 g/mol. The zero-order chi connectivity index (χ0) is 34.5. The molecule has 0 aliphatic rings. The maximum absolute atomic E-state index is 6.10. The highest BCUT2D eigenvalue weighted by Gasteiger charge is 2.27. The van der Waals surface area contributed by atoms with E-state index in [1.807, 2.05) is 6.55 Å². The first-order chi connectivity index (χ1) is 22.2. The molecule has 0 spiro atoms. The van der Waals surface area contributed by atoms with Crippen molar-refractivity contribution in [3.05, 3.63) is 0 Å². The highest BCUT2D eigenvalue weighted by atomic mass is 35.7. The van der Waals surface area contributed by atoms with Gasteiger partial charge in [0, 0.05) is 14.2 Å². The Hall–Kier alpha value is 0.934. The zero-order valence-corrected chi connectivity index (χ0v) is 36.1. The molecule has 0 saturated heterocycles. The topological polar surface area (TPSA) is 18.5 Å². The first-order valence-corrected chi connectivity index (χ1v) is 28.0. The lowest BCUT2D eigenvalue weighted by atomic mass is 10.0. The summed E-state index contributed by atoms with van der Waals surface area (Å²) in [5.74, 6) is 0. The van der Waals surface area contributed by atoms with Crippen LogP contribution in [0.1, 0.15) is 219 Å². The molecular formula is C40H86Cl2O2Si2. The van der Waals surface area contributed by atoms with Crippen molar-refractivity contribution in [2.75, 3.05) is 14.2 Å². The van der Waals surface area contributed by atoms with Crippen LogP contribution in [0, 0.1) is 0 Å². The Labute approximate surface area is 303 Å². The number of unbranched alkanes of at least 4 members (excludes halogenated alkanes) is 30. The van der Waals surface area contributed by atoms with Crippen molar-refractivity contribution in [3.8, 4) is 0 Å². The molecule has 0 saturated carbocycles. The molecule has 0 aromatic heterocycles. The lowest BCUT2D eigenvalue weighted by Gasteiger charge is -2.22. The zero-order valence-electron chi connectivity index (χ0n) is 32.6. The summed E-state index contributed by atoms with van der Waals surface area (Å²) in [6, 6.07) is 2.20. The predicted molar refractivity (Wildman–Crippen MR) is 218 cm³/mol. The molecule has 280 valence electrons. The summed E-state index contributed by atoms with van der Waals surface area (Å²) in [7, 11) is 1.78. The fraction of sp³-hybridized carbons (Fsp3) is 1.00. The summed E-state index contributed by atoms with van der Waals surface area (Å²) in [4.78, 5) is 0. The maximum atomic E-state index is 6.10. The standard InChI is InChI=1S/C21H46O2Si.C19H40Cl2Si/c1-5-6-7-8-9-10-11-12-13-14-15-16-17-18-19-20-21-24(4,22-2)23-3;1-3-4-5-6-7-8-9-10-11-12-13-14-15-16-17-18-19-22(2,20)21/h5-21H2,1-4H3;3-19H2,1-2H3. The van der Waals surface area contributed by atoms with Gasteiger partial charge in [0.15, 0.2) is 0 Å². The van der Waals surface area contributed by atoms with Gasteiger partial charge < -0.3 is 8.85 Å². The molecule has 0 aromatic carbocycles. The lowest BCUT2D eigenvalue weighted by Crippen LogP contribution is -2.35. The van der Waals surface area contributed by atoms with Crippen LogP contribution in [0.15, 0.2) is 0 Å². The fourth-order valence-corrected chi connectivity index (χ4v) is 9.40. The second-order valence-electron chi connectivity index (χ2n) is 14.7. The molecule has 0 unspecified atom stereocenters. The molecule has 0 rings (SSSR count). The molecule has 0 aromatic rings. The summed E-state index contributed by atoms with van der Waals surface area (Å²) in [6.07, 6.45) is 45.4. The van der Waals surface area contributed by atoms with Gasteiger partial charge in [-0.05, 0) is 25.2 Å². The molecule has 0 heterocycles. The molecule has 0 amide bonds. The molecular weight excluding hydrogens is 640 g/mol. The number of hydrogen-bond donors (Lipinski definition) is 0. The van der Waals surface area contributed by atoms with Gasteiger partial charge >= 0.3 is 8.56 Å². The van der Waals surface area contributed by atoms with Gasteiger partial charge in [0.25, 0.3) is 0 Å². The minimum Gasteiger partial charge on any atom is -0.398 e. The van der Waals surface area contributed by atoms with Crippen LogP contribution >= 0.6 is 22.2 Å². The minimum absolute atomic E-state index is 1.06. The number of halogens is 2. The summed E-state index contributed by atoms with van der Waals surface area (Å²) < 4.78 is 11.1. The van der Waals surface area contributed by atoms with Crippen LogP contribution in [0.25, 0.3) is 0 Å². The van der Waals surface area contributed by atoms with Crippen LogP contribution in [0.3, 0.4) is 0 Å². The highest BCUT2D eigenvalue weighted by Crippen LogP contribution is 2.23. The first-order valence-electron chi connectivity index (χ1n) is 20.7. The summed E-state index contributed by atoms with van der Waals surface area (Å²) in [5.41, 5.74) is 0. The molecule has 46 heavy (non-hydrogen) atoms. The Kier molecular flexibility index (Phi) is 41.3. The molecule has 0 radical (unpaired) electrons. The highest BCUT2D eigenvalue weighted by molar-refractivity contribution is 7.44. The van der Waals surface area contributed by atoms with Crippen molar-refractivity contribution in [2.45, 2.75) is 244 Å². The van der Waals surface area contributed by atoms with E-state index in [2.05, 4.69) is 20.4 Å². The molecule has 0 bridgehead atoms. The smallest absolute Gasteiger partial charge is 0.334 e. The lowest BCUT2D eigenvalue weighted by molar-refractivity contribution is 0.248.